The minimum absolute atomic E-state index is 0.0155. The van der Waals surface area contributed by atoms with E-state index in [9.17, 15) is 5.11 Å². The van der Waals surface area contributed by atoms with Crippen LogP contribution >= 0.6 is 27.3 Å². The van der Waals surface area contributed by atoms with E-state index in [4.69, 9.17) is 0 Å². The van der Waals surface area contributed by atoms with Crippen molar-refractivity contribution in [1.82, 2.24) is 4.98 Å². The third-order valence-electron chi connectivity index (χ3n) is 2.47. The Bertz CT molecular complexity index is 501. The Morgan fingerprint density at radius 2 is 2.35 bits per heavy atom. The topological polar surface area (TPSA) is 36.4 Å². The second kappa shape index (κ2) is 5.62. The maximum absolute atomic E-state index is 9.27. The number of hydrogen-bond donors (Lipinski definition) is 1. The highest BCUT2D eigenvalue weighted by atomic mass is 79.9. The van der Waals surface area contributed by atoms with Gasteiger partial charge in [0.15, 0.2) is 0 Å². The third-order valence-corrected chi connectivity index (χ3v) is 4.16. The molecule has 0 aliphatic heterocycles. The third kappa shape index (κ3) is 3.06. The minimum Gasteiger partial charge on any atom is -0.392 e. The monoisotopic (exact) mass is 312 g/mol. The first-order chi connectivity index (χ1) is 8.20. The summed E-state index contributed by atoms with van der Waals surface area (Å²) >= 11 is 5.17. The highest BCUT2D eigenvalue weighted by Crippen LogP contribution is 2.24. The van der Waals surface area contributed by atoms with Crippen LogP contribution in [-0.2, 0) is 13.2 Å². The molecule has 0 spiro atoms. The molecule has 0 amide bonds. The molecule has 0 saturated carbocycles. The molecule has 0 atom stereocenters. The number of rotatable bonds is 4. The van der Waals surface area contributed by atoms with E-state index in [1.165, 1.54) is 4.88 Å². The summed E-state index contributed by atoms with van der Waals surface area (Å²) < 4.78 is 1.11. The summed E-state index contributed by atoms with van der Waals surface area (Å²) in [6.45, 7) is 0.842. The van der Waals surface area contributed by atoms with Crippen LogP contribution in [0.3, 0.4) is 0 Å². The number of aromatic nitrogens is 1. The second-order valence-corrected chi connectivity index (χ2v) is 5.66. The van der Waals surface area contributed by atoms with Gasteiger partial charge < -0.3 is 10.0 Å². The summed E-state index contributed by atoms with van der Waals surface area (Å²) in [4.78, 5) is 7.41. The van der Waals surface area contributed by atoms with Crippen LogP contribution in [0.5, 0.6) is 0 Å². The first-order valence-corrected chi connectivity index (χ1v) is 6.85. The number of aliphatic hydroxyl groups excluding tert-OH is 1. The SMILES string of the molecule is CN(Cc1cc(Br)cs1)c1ccncc1CO. The summed E-state index contributed by atoms with van der Waals surface area (Å²) in [5.41, 5.74) is 1.87. The molecule has 1 N–H and O–H groups in total. The summed E-state index contributed by atoms with van der Waals surface area (Å²) in [5.74, 6) is 0. The Kier molecular flexibility index (Phi) is 4.15. The van der Waals surface area contributed by atoms with E-state index in [0.717, 1.165) is 22.3 Å². The summed E-state index contributed by atoms with van der Waals surface area (Å²) in [6.07, 6.45) is 3.45. The Labute approximate surface area is 113 Å². The summed E-state index contributed by atoms with van der Waals surface area (Å²) in [5, 5.41) is 11.3. The predicted molar refractivity (Wildman–Crippen MR) is 74.3 cm³/mol. The van der Waals surface area contributed by atoms with Gasteiger partial charge in [-0.15, -0.1) is 11.3 Å². The molecule has 2 aromatic rings. The molecule has 2 rings (SSSR count). The van der Waals surface area contributed by atoms with Gasteiger partial charge in [-0.25, -0.2) is 0 Å². The van der Waals surface area contributed by atoms with E-state index >= 15 is 0 Å². The maximum atomic E-state index is 9.27. The fraction of sp³-hybridized carbons (Fsp3) is 0.250. The van der Waals surface area contributed by atoms with Gasteiger partial charge in [0.25, 0.3) is 0 Å². The minimum atomic E-state index is 0.0155. The molecule has 5 heteroatoms. The van der Waals surface area contributed by atoms with E-state index in [1.54, 1.807) is 23.7 Å². The lowest BCUT2D eigenvalue weighted by Gasteiger charge is -2.20. The Morgan fingerprint density at radius 3 is 3.00 bits per heavy atom. The van der Waals surface area contributed by atoms with Crippen molar-refractivity contribution < 1.29 is 5.11 Å². The molecule has 2 aromatic heterocycles. The van der Waals surface area contributed by atoms with Gasteiger partial charge in [-0.05, 0) is 28.1 Å². The molecule has 0 aromatic carbocycles. The van der Waals surface area contributed by atoms with Gasteiger partial charge in [-0.1, -0.05) is 0 Å². The number of nitrogens with zero attached hydrogens (tertiary/aromatic N) is 2. The van der Waals surface area contributed by atoms with Crippen molar-refractivity contribution in [1.29, 1.82) is 0 Å². The molecule has 0 aliphatic rings. The highest BCUT2D eigenvalue weighted by molar-refractivity contribution is 9.10. The van der Waals surface area contributed by atoms with Crippen molar-refractivity contribution in [2.75, 3.05) is 11.9 Å². The van der Waals surface area contributed by atoms with Crippen molar-refractivity contribution >= 4 is 33.0 Å². The molecule has 3 nitrogen and oxygen atoms in total. The Morgan fingerprint density at radius 1 is 1.53 bits per heavy atom. The van der Waals surface area contributed by atoms with Crippen molar-refractivity contribution in [3.63, 3.8) is 0 Å². The number of hydrogen-bond acceptors (Lipinski definition) is 4. The van der Waals surface area contributed by atoms with Crippen LogP contribution in [-0.4, -0.2) is 17.1 Å². The largest absolute Gasteiger partial charge is 0.392 e. The number of aliphatic hydroxyl groups is 1. The molecule has 0 bridgehead atoms. The maximum Gasteiger partial charge on any atom is 0.0717 e. The van der Waals surface area contributed by atoms with Crippen LogP contribution in [0.25, 0.3) is 0 Å². The standard InChI is InChI=1S/C12H13BrN2OS/c1-15(6-11-4-10(13)8-17-11)12-2-3-14-5-9(12)7-16/h2-5,8,16H,6-7H2,1H3. The lowest BCUT2D eigenvalue weighted by atomic mass is 10.2. The van der Waals surface area contributed by atoms with Gasteiger partial charge in [0.2, 0.25) is 0 Å². The number of halogens is 1. The van der Waals surface area contributed by atoms with Crippen molar-refractivity contribution in [3.05, 3.63) is 44.8 Å². The van der Waals surface area contributed by atoms with Gasteiger partial charge in [-0.3, -0.25) is 4.98 Å². The van der Waals surface area contributed by atoms with Gasteiger partial charge in [0, 0.05) is 45.4 Å². The second-order valence-electron chi connectivity index (χ2n) is 3.75. The van der Waals surface area contributed by atoms with Gasteiger partial charge in [0.05, 0.1) is 13.2 Å². The van der Waals surface area contributed by atoms with Gasteiger partial charge >= 0.3 is 0 Å². The van der Waals surface area contributed by atoms with Crippen molar-refractivity contribution in [2.24, 2.45) is 0 Å². The summed E-state index contributed by atoms with van der Waals surface area (Å²) in [6, 6.07) is 4.04. The molecule has 0 fully saturated rings. The Balaban J connectivity index is 2.16. The first kappa shape index (κ1) is 12.5. The van der Waals surface area contributed by atoms with E-state index in [-0.39, 0.29) is 6.61 Å². The molecule has 17 heavy (non-hydrogen) atoms. The van der Waals surface area contributed by atoms with Crippen LogP contribution in [0.2, 0.25) is 0 Å². The zero-order valence-electron chi connectivity index (χ0n) is 9.43. The predicted octanol–water partition coefficient (Wildman–Crippen LogP) is 3.03. The normalized spacial score (nSPS) is 10.5. The quantitative estimate of drug-likeness (QED) is 0.942. The lowest BCUT2D eigenvalue weighted by Crippen LogP contribution is -2.17. The van der Waals surface area contributed by atoms with Crippen LogP contribution in [0.4, 0.5) is 5.69 Å². The van der Waals surface area contributed by atoms with Crippen LogP contribution < -0.4 is 4.90 Å². The van der Waals surface area contributed by atoms with Gasteiger partial charge in [-0.2, -0.15) is 0 Å². The highest BCUT2D eigenvalue weighted by Gasteiger charge is 2.08. The average Bonchev–Trinajstić information content (AvgIpc) is 2.74. The number of thiophene rings is 1. The Hall–Kier alpha value is -0.910. The van der Waals surface area contributed by atoms with Gasteiger partial charge in [0.1, 0.15) is 0 Å². The van der Waals surface area contributed by atoms with Crippen molar-refractivity contribution in [2.45, 2.75) is 13.2 Å². The van der Waals surface area contributed by atoms with Crippen LogP contribution in [0, 0.1) is 0 Å². The van der Waals surface area contributed by atoms with Crippen LogP contribution in [0.15, 0.2) is 34.4 Å². The van der Waals surface area contributed by atoms with E-state index in [0.29, 0.717) is 0 Å². The fourth-order valence-corrected chi connectivity index (χ4v) is 3.17. The number of anilines is 1. The lowest BCUT2D eigenvalue weighted by molar-refractivity contribution is 0.281. The van der Waals surface area contributed by atoms with Crippen LogP contribution in [0.1, 0.15) is 10.4 Å². The molecular formula is C12H13BrN2OS. The zero-order valence-corrected chi connectivity index (χ0v) is 11.8. The molecule has 0 unspecified atom stereocenters. The molecule has 0 radical (unpaired) electrons. The number of pyridine rings is 1. The smallest absolute Gasteiger partial charge is 0.0717 e. The van der Waals surface area contributed by atoms with Crippen molar-refractivity contribution in [3.8, 4) is 0 Å². The first-order valence-electron chi connectivity index (χ1n) is 5.18. The molecule has 0 aliphatic carbocycles. The van der Waals surface area contributed by atoms with E-state index in [2.05, 4.69) is 37.3 Å². The summed E-state index contributed by atoms with van der Waals surface area (Å²) in [7, 11) is 2.02. The average molecular weight is 313 g/mol. The molecule has 90 valence electrons. The molecule has 0 saturated heterocycles. The molecule has 2 heterocycles. The van der Waals surface area contributed by atoms with E-state index < -0.39 is 0 Å². The zero-order chi connectivity index (χ0) is 12.3. The molecular weight excluding hydrogens is 300 g/mol. The fourth-order valence-electron chi connectivity index (χ4n) is 1.67. The van der Waals surface area contributed by atoms with E-state index in [1.807, 2.05) is 13.1 Å².